The third-order valence-corrected chi connectivity index (χ3v) is 3.91. The van der Waals surface area contributed by atoms with Gasteiger partial charge < -0.3 is 11.1 Å². The summed E-state index contributed by atoms with van der Waals surface area (Å²) in [4.78, 5) is 22.6. The summed E-state index contributed by atoms with van der Waals surface area (Å²) in [5.74, 6) is -0.234. The number of nitrogens with two attached hydrogens (primary N) is 1. The second-order valence-electron chi connectivity index (χ2n) is 4.93. The molecule has 1 saturated carbocycles. The molecule has 1 aliphatic carbocycles. The van der Waals surface area contributed by atoms with Crippen LogP contribution < -0.4 is 11.1 Å². The van der Waals surface area contributed by atoms with Crippen molar-refractivity contribution in [2.75, 3.05) is 6.54 Å². The van der Waals surface area contributed by atoms with Gasteiger partial charge in [0, 0.05) is 17.1 Å². The van der Waals surface area contributed by atoms with E-state index in [0.29, 0.717) is 11.6 Å². The van der Waals surface area contributed by atoms with Crippen LogP contribution in [0.25, 0.3) is 0 Å². The first-order valence-electron chi connectivity index (χ1n) is 6.47. The molecule has 0 saturated heterocycles. The number of rotatable bonds is 4. The fourth-order valence-electron chi connectivity index (χ4n) is 2.60. The molecule has 0 spiro atoms. The molecule has 1 amide bonds. The number of nitrogens with zero attached hydrogens (tertiary/aromatic N) is 1. The normalized spacial score (nSPS) is 21.7. The number of carbonyl (C=O) groups excluding carboxylic acids is 1. The van der Waals surface area contributed by atoms with Crippen molar-refractivity contribution in [2.24, 2.45) is 11.7 Å². The molecule has 0 aromatic heterocycles. The molecule has 108 valence electrons. The predicted molar refractivity (Wildman–Crippen MR) is 75.8 cm³/mol. The number of amides is 1. The van der Waals surface area contributed by atoms with Crippen LogP contribution in [-0.4, -0.2) is 23.4 Å². The van der Waals surface area contributed by atoms with Gasteiger partial charge in [-0.15, -0.1) is 0 Å². The Bertz CT molecular complexity index is 536. The van der Waals surface area contributed by atoms with Gasteiger partial charge in [-0.25, -0.2) is 0 Å². The van der Waals surface area contributed by atoms with Crippen LogP contribution in [0.15, 0.2) is 18.2 Å². The highest BCUT2D eigenvalue weighted by molar-refractivity contribution is 6.31. The van der Waals surface area contributed by atoms with Crippen LogP contribution in [0.4, 0.5) is 5.69 Å². The quantitative estimate of drug-likeness (QED) is 0.657. The topological polar surface area (TPSA) is 98.3 Å². The summed E-state index contributed by atoms with van der Waals surface area (Å²) in [5, 5.41) is 14.1. The molecule has 1 aliphatic rings. The number of halogens is 1. The van der Waals surface area contributed by atoms with Crippen LogP contribution in [0.3, 0.4) is 0 Å². The van der Waals surface area contributed by atoms with Crippen molar-refractivity contribution in [1.29, 1.82) is 0 Å². The maximum absolute atomic E-state index is 12.2. The molecule has 0 heterocycles. The lowest BCUT2D eigenvalue weighted by molar-refractivity contribution is -0.385. The number of nitro benzene ring substituents is 1. The highest BCUT2D eigenvalue weighted by atomic mass is 35.5. The van der Waals surface area contributed by atoms with E-state index < -0.39 is 10.8 Å². The van der Waals surface area contributed by atoms with Crippen molar-refractivity contribution in [3.63, 3.8) is 0 Å². The number of nitrogens with one attached hydrogen (secondary N) is 1. The van der Waals surface area contributed by atoms with Crippen LogP contribution in [-0.2, 0) is 0 Å². The molecule has 6 nitrogen and oxygen atoms in total. The van der Waals surface area contributed by atoms with Crippen molar-refractivity contribution >= 4 is 23.2 Å². The molecule has 2 unspecified atom stereocenters. The van der Waals surface area contributed by atoms with Gasteiger partial charge in [0.2, 0.25) is 0 Å². The van der Waals surface area contributed by atoms with Gasteiger partial charge in [-0.1, -0.05) is 18.0 Å². The van der Waals surface area contributed by atoms with Crippen LogP contribution in [0.2, 0.25) is 5.02 Å². The zero-order valence-electron chi connectivity index (χ0n) is 10.8. The van der Waals surface area contributed by atoms with Gasteiger partial charge in [-0.2, -0.15) is 0 Å². The summed E-state index contributed by atoms with van der Waals surface area (Å²) in [5.41, 5.74) is 5.41. The number of hydrogen-bond donors (Lipinski definition) is 2. The average molecular weight is 298 g/mol. The molecule has 1 aromatic rings. The summed E-state index contributed by atoms with van der Waals surface area (Å²) < 4.78 is 0. The van der Waals surface area contributed by atoms with Crippen LogP contribution in [0, 0.1) is 16.0 Å². The van der Waals surface area contributed by atoms with Gasteiger partial charge >= 0.3 is 0 Å². The highest BCUT2D eigenvalue weighted by Crippen LogP contribution is 2.27. The van der Waals surface area contributed by atoms with Gasteiger partial charge in [0.15, 0.2) is 0 Å². The minimum absolute atomic E-state index is 0.00910. The minimum atomic E-state index is -0.583. The molecule has 7 heteroatoms. The predicted octanol–water partition coefficient (Wildman–Crippen LogP) is 2.11. The van der Waals surface area contributed by atoms with E-state index in [4.69, 9.17) is 17.3 Å². The Morgan fingerprint density at radius 1 is 1.50 bits per heavy atom. The number of benzene rings is 1. The Kier molecular flexibility index (Phi) is 4.57. The van der Waals surface area contributed by atoms with Gasteiger partial charge in [-0.05, 0) is 37.4 Å². The lowest BCUT2D eigenvalue weighted by Gasteiger charge is -2.19. The molecule has 20 heavy (non-hydrogen) atoms. The summed E-state index contributed by atoms with van der Waals surface area (Å²) in [6.07, 6.45) is 2.82. The molecular weight excluding hydrogens is 282 g/mol. The largest absolute Gasteiger partial charge is 0.349 e. The van der Waals surface area contributed by atoms with Crippen molar-refractivity contribution in [2.45, 2.75) is 25.3 Å². The number of nitro groups is 1. The fraction of sp³-hybridized carbons (Fsp3) is 0.462. The Balaban J connectivity index is 2.20. The second kappa shape index (κ2) is 6.19. The Hall–Kier alpha value is -1.66. The molecular formula is C13H16ClN3O3. The summed E-state index contributed by atoms with van der Waals surface area (Å²) in [6, 6.07) is 3.94. The van der Waals surface area contributed by atoms with E-state index in [1.807, 2.05) is 0 Å². The van der Waals surface area contributed by atoms with Gasteiger partial charge in [0.1, 0.15) is 5.56 Å². The van der Waals surface area contributed by atoms with Crippen LogP contribution >= 0.6 is 11.6 Å². The monoisotopic (exact) mass is 297 g/mol. The minimum Gasteiger partial charge on any atom is -0.349 e. The average Bonchev–Trinajstić information content (AvgIpc) is 2.85. The van der Waals surface area contributed by atoms with E-state index in [9.17, 15) is 14.9 Å². The third kappa shape index (κ3) is 3.08. The molecule has 0 radical (unpaired) electrons. The van der Waals surface area contributed by atoms with E-state index >= 15 is 0 Å². The van der Waals surface area contributed by atoms with Crippen molar-refractivity contribution in [3.05, 3.63) is 38.9 Å². The standard InChI is InChI=1S/C13H16ClN3O3/c14-9-4-5-12(17(19)20)10(6-9)13(18)16-11-3-1-2-8(11)7-15/h4-6,8,11H,1-3,7,15H2,(H,16,18). The molecule has 1 fully saturated rings. The Labute approximate surface area is 121 Å². The number of hydrogen-bond acceptors (Lipinski definition) is 4. The van der Waals surface area contributed by atoms with Gasteiger partial charge in [0.05, 0.1) is 4.92 Å². The maximum Gasteiger partial charge on any atom is 0.282 e. The van der Waals surface area contributed by atoms with Crippen LogP contribution in [0.5, 0.6) is 0 Å². The molecule has 2 atom stereocenters. The first-order chi connectivity index (χ1) is 9.52. The molecule has 0 aliphatic heterocycles. The first-order valence-corrected chi connectivity index (χ1v) is 6.85. The van der Waals surface area contributed by atoms with Gasteiger partial charge in [-0.3, -0.25) is 14.9 Å². The van der Waals surface area contributed by atoms with E-state index in [1.54, 1.807) is 0 Å². The molecule has 3 N–H and O–H groups in total. The van der Waals surface area contributed by atoms with Gasteiger partial charge in [0.25, 0.3) is 11.6 Å². The lowest BCUT2D eigenvalue weighted by Crippen LogP contribution is -2.40. The Morgan fingerprint density at radius 3 is 2.90 bits per heavy atom. The summed E-state index contributed by atoms with van der Waals surface area (Å²) in [7, 11) is 0. The second-order valence-corrected chi connectivity index (χ2v) is 5.36. The fourth-order valence-corrected chi connectivity index (χ4v) is 2.78. The molecule has 1 aromatic carbocycles. The first kappa shape index (κ1) is 14.7. The smallest absolute Gasteiger partial charge is 0.282 e. The van der Waals surface area contributed by atoms with E-state index in [-0.39, 0.29) is 23.2 Å². The third-order valence-electron chi connectivity index (χ3n) is 3.68. The zero-order chi connectivity index (χ0) is 14.7. The summed E-state index contributed by atoms with van der Waals surface area (Å²) in [6.45, 7) is 0.503. The van der Waals surface area contributed by atoms with E-state index in [2.05, 4.69) is 5.32 Å². The van der Waals surface area contributed by atoms with Crippen molar-refractivity contribution in [3.8, 4) is 0 Å². The van der Waals surface area contributed by atoms with E-state index in [0.717, 1.165) is 19.3 Å². The molecule has 2 rings (SSSR count). The Morgan fingerprint density at radius 2 is 2.25 bits per heavy atom. The van der Waals surface area contributed by atoms with Crippen molar-refractivity contribution in [1.82, 2.24) is 5.32 Å². The lowest BCUT2D eigenvalue weighted by atomic mass is 10.0. The van der Waals surface area contributed by atoms with Crippen molar-refractivity contribution < 1.29 is 9.72 Å². The highest BCUT2D eigenvalue weighted by Gasteiger charge is 2.29. The SMILES string of the molecule is NCC1CCCC1NC(=O)c1cc(Cl)ccc1[N+](=O)[O-]. The van der Waals surface area contributed by atoms with Crippen LogP contribution in [0.1, 0.15) is 29.6 Å². The molecule has 0 bridgehead atoms. The zero-order valence-corrected chi connectivity index (χ0v) is 11.6. The van der Waals surface area contributed by atoms with E-state index in [1.165, 1.54) is 18.2 Å². The number of carbonyl (C=O) groups is 1. The maximum atomic E-state index is 12.2. The summed E-state index contributed by atoms with van der Waals surface area (Å²) >= 11 is 5.82.